The van der Waals surface area contributed by atoms with Gasteiger partial charge >= 0.3 is 6.09 Å². The largest absolute Gasteiger partial charge is 0.444 e. The number of benzene rings is 1. The van der Waals surface area contributed by atoms with E-state index in [4.69, 9.17) is 16.3 Å². The van der Waals surface area contributed by atoms with Gasteiger partial charge in [0, 0.05) is 49.7 Å². The van der Waals surface area contributed by atoms with E-state index in [0.717, 1.165) is 0 Å². The molecular weight excluding hydrogens is 382 g/mol. The van der Waals surface area contributed by atoms with Crippen LogP contribution in [0.4, 0.5) is 4.79 Å². The van der Waals surface area contributed by atoms with Crippen LogP contribution in [0, 0.1) is 0 Å². The van der Waals surface area contributed by atoms with Gasteiger partial charge in [-0.25, -0.2) is 4.79 Å². The van der Waals surface area contributed by atoms with Crippen LogP contribution < -0.4 is 5.32 Å². The van der Waals surface area contributed by atoms with Crippen LogP contribution in [0.2, 0.25) is 5.02 Å². The molecule has 154 valence electrons. The van der Waals surface area contributed by atoms with E-state index in [1.807, 2.05) is 20.8 Å². The van der Waals surface area contributed by atoms with Crippen molar-refractivity contribution in [3.8, 4) is 0 Å². The number of rotatable bonds is 5. The second kappa shape index (κ2) is 9.78. The molecule has 1 heterocycles. The summed E-state index contributed by atoms with van der Waals surface area (Å²) in [4.78, 5) is 39.8. The lowest BCUT2D eigenvalue weighted by Crippen LogP contribution is -2.51. The second-order valence-corrected chi connectivity index (χ2v) is 8.15. The molecule has 1 aromatic rings. The molecule has 3 amide bonds. The number of nitrogens with one attached hydrogen (secondary N) is 1. The fraction of sp³-hybridized carbons (Fsp3) is 0.550. The molecule has 0 atom stereocenters. The van der Waals surface area contributed by atoms with E-state index in [-0.39, 0.29) is 17.9 Å². The molecule has 0 unspecified atom stereocenters. The van der Waals surface area contributed by atoms with Gasteiger partial charge in [-0.1, -0.05) is 11.6 Å². The summed E-state index contributed by atoms with van der Waals surface area (Å²) in [5, 5.41) is 3.38. The normalized spacial score (nSPS) is 14.6. The highest BCUT2D eigenvalue weighted by molar-refractivity contribution is 6.30. The maximum atomic E-state index is 12.3. The van der Waals surface area contributed by atoms with Gasteiger partial charge in [-0.15, -0.1) is 0 Å². The van der Waals surface area contributed by atoms with Gasteiger partial charge in [-0.2, -0.15) is 0 Å². The fourth-order valence-electron chi connectivity index (χ4n) is 2.77. The molecule has 0 bridgehead atoms. The summed E-state index contributed by atoms with van der Waals surface area (Å²) < 4.78 is 5.35. The van der Waals surface area contributed by atoms with E-state index < -0.39 is 5.60 Å². The predicted molar refractivity (Wildman–Crippen MR) is 107 cm³/mol. The Hall–Kier alpha value is -2.28. The van der Waals surface area contributed by atoms with Gasteiger partial charge in [-0.05, 0) is 51.5 Å². The molecule has 0 aromatic heterocycles. The van der Waals surface area contributed by atoms with Crippen LogP contribution in [0.15, 0.2) is 24.3 Å². The van der Waals surface area contributed by atoms with E-state index in [2.05, 4.69) is 5.32 Å². The predicted octanol–water partition coefficient (Wildman–Crippen LogP) is 2.93. The molecule has 0 spiro atoms. The number of piperazine rings is 1. The minimum atomic E-state index is -0.527. The third-order valence-electron chi connectivity index (χ3n) is 4.24. The number of hydrogen-bond donors (Lipinski definition) is 1. The Morgan fingerprint density at radius 3 is 2.18 bits per heavy atom. The van der Waals surface area contributed by atoms with Crippen molar-refractivity contribution in [2.45, 2.75) is 39.2 Å². The third kappa shape index (κ3) is 7.03. The van der Waals surface area contributed by atoms with Crippen molar-refractivity contribution < 1.29 is 19.1 Å². The molecule has 8 heteroatoms. The molecule has 1 saturated heterocycles. The quantitative estimate of drug-likeness (QED) is 0.758. The van der Waals surface area contributed by atoms with E-state index >= 15 is 0 Å². The third-order valence-corrected chi connectivity index (χ3v) is 4.50. The van der Waals surface area contributed by atoms with Crippen LogP contribution in [0.5, 0.6) is 0 Å². The Balaban J connectivity index is 1.65. The standard InChI is InChI=1S/C20H28ClN3O4/c1-20(2,3)28-19(27)24-13-11-23(12-14-24)17(25)5-4-10-22-18(26)15-6-8-16(21)9-7-15/h6-9H,4-5,10-14H2,1-3H3,(H,22,26). The molecule has 2 rings (SSSR count). The summed E-state index contributed by atoms with van der Waals surface area (Å²) in [6.45, 7) is 7.83. The second-order valence-electron chi connectivity index (χ2n) is 7.71. The highest BCUT2D eigenvalue weighted by Gasteiger charge is 2.27. The average Bonchev–Trinajstić information content (AvgIpc) is 2.64. The minimum absolute atomic E-state index is 0.0320. The van der Waals surface area contributed by atoms with Crippen LogP contribution in [0.1, 0.15) is 44.0 Å². The number of carbonyl (C=O) groups is 3. The lowest BCUT2D eigenvalue weighted by atomic mass is 10.2. The van der Waals surface area contributed by atoms with Crippen LogP contribution in [-0.2, 0) is 9.53 Å². The lowest BCUT2D eigenvalue weighted by Gasteiger charge is -2.35. The van der Waals surface area contributed by atoms with E-state index in [1.54, 1.807) is 34.1 Å². The Bertz CT molecular complexity index is 692. The van der Waals surface area contributed by atoms with Crippen molar-refractivity contribution in [1.82, 2.24) is 15.1 Å². The number of hydrogen-bond acceptors (Lipinski definition) is 4. The van der Waals surface area contributed by atoms with Crippen molar-refractivity contribution in [2.24, 2.45) is 0 Å². The molecule has 1 aromatic carbocycles. The SMILES string of the molecule is CC(C)(C)OC(=O)N1CCN(C(=O)CCCNC(=O)c2ccc(Cl)cc2)CC1. The van der Waals surface area contributed by atoms with Crippen LogP contribution in [0.25, 0.3) is 0 Å². The van der Waals surface area contributed by atoms with Crippen molar-refractivity contribution >= 4 is 29.5 Å². The molecule has 0 radical (unpaired) electrons. The molecule has 28 heavy (non-hydrogen) atoms. The Labute approximate surface area is 171 Å². The number of ether oxygens (including phenoxy) is 1. The van der Waals surface area contributed by atoms with Crippen LogP contribution in [0.3, 0.4) is 0 Å². The topological polar surface area (TPSA) is 79.0 Å². The van der Waals surface area contributed by atoms with Gasteiger partial charge < -0.3 is 19.9 Å². The summed E-state index contributed by atoms with van der Waals surface area (Å²) in [7, 11) is 0. The number of halogens is 1. The van der Waals surface area contributed by atoms with Gasteiger partial charge in [0.15, 0.2) is 0 Å². The molecule has 1 fully saturated rings. The van der Waals surface area contributed by atoms with Gasteiger partial charge in [0.05, 0.1) is 0 Å². The van der Waals surface area contributed by atoms with Gasteiger partial charge in [-0.3, -0.25) is 9.59 Å². The minimum Gasteiger partial charge on any atom is -0.444 e. The maximum absolute atomic E-state index is 12.3. The van der Waals surface area contributed by atoms with Gasteiger partial charge in [0.25, 0.3) is 5.91 Å². The first kappa shape index (κ1) is 22.0. The van der Waals surface area contributed by atoms with Crippen LogP contribution >= 0.6 is 11.6 Å². The number of nitrogens with zero attached hydrogens (tertiary/aromatic N) is 2. The van der Waals surface area contributed by atoms with Crippen molar-refractivity contribution in [3.05, 3.63) is 34.9 Å². The van der Waals surface area contributed by atoms with Gasteiger partial charge in [0.1, 0.15) is 5.60 Å². The lowest BCUT2D eigenvalue weighted by molar-refractivity contribution is -0.133. The summed E-state index contributed by atoms with van der Waals surface area (Å²) in [6, 6.07) is 6.65. The fourth-order valence-corrected chi connectivity index (χ4v) is 2.89. The summed E-state index contributed by atoms with van der Waals surface area (Å²) in [5.41, 5.74) is 0.00880. The smallest absolute Gasteiger partial charge is 0.410 e. The molecule has 1 N–H and O–H groups in total. The van der Waals surface area contributed by atoms with Crippen molar-refractivity contribution in [2.75, 3.05) is 32.7 Å². The Morgan fingerprint density at radius 2 is 1.61 bits per heavy atom. The van der Waals surface area contributed by atoms with E-state index in [9.17, 15) is 14.4 Å². The zero-order chi connectivity index (χ0) is 20.7. The van der Waals surface area contributed by atoms with Crippen molar-refractivity contribution in [1.29, 1.82) is 0 Å². The highest BCUT2D eigenvalue weighted by atomic mass is 35.5. The maximum Gasteiger partial charge on any atom is 0.410 e. The molecular formula is C20H28ClN3O4. The first-order valence-electron chi connectivity index (χ1n) is 9.45. The van der Waals surface area contributed by atoms with E-state index in [1.165, 1.54) is 0 Å². The molecule has 1 aliphatic rings. The van der Waals surface area contributed by atoms with E-state index in [0.29, 0.717) is 56.2 Å². The van der Waals surface area contributed by atoms with Crippen LogP contribution in [-0.4, -0.2) is 66.0 Å². The first-order chi connectivity index (χ1) is 13.2. The Morgan fingerprint density at radius 1 is 1.04 bits per heavy atom. The zero-order valence-corrected chi connectivity index (χ0v) is 17.4. The average molecular weight is 410 g/mol. The molecule has 0 saturated carbocycles. The molecule has 7 nitrogen and oxygen atoms in total. The summed E-state index contributed by atoms with van der Waals surface area (Å²) >= 11 is 5.80. The monoisotopic (exact) mass is 409 g/mol. The highest BCUT2D eigenvalue weighted by Crippen LogP contribution is 2.13. The van der Waals surface area contributed by atoms with Gasteiger partial charge in [0.2, 0.25) is 5.91 Å². The summed E-state index contributed by atoms with van der Waals surface area (Å²) in [6.07, 6.45) is 0.571. The number of amides is 3. The van der Waals surface area contributed by atoms with Crippen molar-refractivity contribution in [3.63, 3.8) is 0 Å². The summed E-state index contributed by atoms with van der Waals surface area (Å²) in [5.74, 6) is -0.153. The molecule has 0 aliphatic carbocycles. The number of carbonyl (C=O) groups excluding carboxylic acids is 3. The molecule has 1 aliphatic heterocycles. The Kier molecular flexibility index (Phi) is 7.69. The first-order valence-corrected chi connectivity index (χ1v) is 9.83. The zero-order valence-electron chi connectivity index (χ0n) is 16.7.